The summed E-state index contributed by atoms with van der Waals surface area (Å²) < 4.78 is 2.10. The fourth-order valence-electron chi connectivity index (χ4n) is 3.75. The maximum absolute atomic E-state index is 12.8. The van der Waals surface area contributed by atoms with Gasteiger partial charge in [-0.25, -0.2) is 0 Å². The van der Waals surface area contributed by atoms with Crippen molar-refractivity contribution in [1.82, 2.24) is 19.7 Å². The first-order valence-electron chi connectivity index (χ1n) is 9.64. The molecule has 1 aliphatic rings. The van der Waals surface area contributed by atoms with E-state index in [4.69, 9.17) is 11.6 Å². The van der Waals surface area contributed by atoms with Crippen molar-refractivity contribution in [3.05, 3.63) is 29.3 Å². The molecule has 2 aromatic rings. The van der Waals surface area contributed by atoms with Gasteiger partial charge in [-0.05, 0) is 63.8 Å². The van der Waals surface area contributed by atoms with Crippen LogP contribution >= 0.6 is 23.4 Å². The molecule has 0 N–H and O–H groups in total. The predicted molar refractivity (Wildman–Crippen MR) is 111 cm³/mol. The van der Waals surface area contributed by atoms with Gasteiger partial charge in [0.25, 0.3) is 0 Å². The zero-order valence-corrected chi connectivity index (χ0v) is 17.8. The monoisotopic (exact) mass is 406 g/mol. The minimum Gasteiger partial charge on any atom is -0.337 e. The van der Waals surface area contributed by atoms with Crippen LogP contribution in [0.1, 0.15) is 46.5 Å². The molecule has 0 saturated carbocycles. The average Bonchev–Trinajstić information content (AvgIpc) is 3.03. The van der Waals surface area contributed by atoms with Crippen LogP contribution in [0.3, 0.4) is 0 Å². The molecule has 0 spiro atoms. The first-order valence-corrected chi connectivity index (χ1v) is 11.0. The summed E-state index contributed by atoms with van der Waals surface area (Å²) in [5.74, 6) is 1.42. The Morgan fingerprint density at radius 2 is 1.85 bits per heavy atom. The largest absolute Gasteiger partial charge is 0.337 e. The van der Waals surface area contributed by atoms with Crippen LogP contribution in [0.5, 0.6) is 0 Å². The molecular weight excluding hydrogens is 380 g/mol. The van der Waals surface area contributed by atoms with Crippen molar-refractivity contribution in [1.29, 1.82) is 0 Å². The van der Waals surface area contributed by atoms with E-state index in [1.165, 1.54) is 18.2 Å². The molecular formula is C20H27ClN4OS. The first-order chi connectivity index (χ1) is 13.0. The molecule has 146 valence electrons. The number of aromatic nitrogens is 3. The van der Waals surface area contributed by atoms with E-state index in [1.54, 1.807) is 0 Å². The molecule has 0 unspecified atom stereocenters. The number of piperidine rings is 1. The third-order valence-electron chi connectivity index (χ3n) is 5.07. The molecule has 1 fully saturated rings. The van der Waals surface area contributed by atoms with Crippen molar-refractivity contribution in [2.45, 2.75) is 70.2 Å². The summed E-state index contributed by atoms with van der Waals surface area (Å²) in [6, 6.07) is 8.26. The molecule has 3 rings (SSSR count). The van der Waals surface area contributed by atoms with Crippen LogP contribution in [0, 0.1) is 0 Å². The van der Waals surface area contributed by atoms with Crippen molar-refractivity contribution in [3.8, 4) is 11.4 Å². The van der Waals surface area contributed by atoms with Gasteiger partial charge in [0.1, 0.15) is 0 Å². The van der Waals surface area contributed by atoms with Gasteiger partial charge in [-0.3, -0.25) is 4.79 Å². The van der Waals surface area contributed by atoms with Crippen LogP contribution < -0.4 is 0 Å². The summed E-state index contributed by atoms with van der Waals surface area (Å²) >= 11 is 7.48. The number of carbonyl (C=O) groups excluding carboxylic acids is 1. The molecule has 1 aromatic carbocycles. The smallest absolute Gasteiger partial charge is 0.233 e. The summed E-state index contributed by atoms with van der Waals surface area (Å²) in [5.41, 5.74) is 0.983. The molecule has 1 amide bonds. The molecule has 1 saturated heterocycles. The third-order valence-corrected chi connectivity index (χ3v) is 6.28. The number of thioether (sulfide) groups is 1. The molecule has 27 heavy (non-hydrogen) atoms. The van der Waals surface area contributed by atoms with Gasteiger partial charge in [-0.2, -0.15) is 0 Å². The van der Waals surface area contributed by atoms with E-state index in [9.17, 15) is 4.79 Å². The second-order valence-corrected chi connectivity index (χ2v) is 8.56. The second kappa shape index (κ2) is 9.11. The molecule has 0 bridgehead atoms. The van der Waals surface area contributed by atoms with Gasteiger partial charge in [0.15, 0.2) is 11.0 Å². The average molecular weight is 407 g/mol. The number of amides is 1. The highest BCUT2D eigenvalue weighted by Gasteiger charge is 2.29. The Hall–Kier alpha value is -1.53. The fraction of sp³-hybridized carbons (Fsp3) is 0.550. The number of likely N-dealkylation sites (tertiary alicyclic amines) is 1. The van der Waals surface area contributed by atoms with Crippen molar-refractivity contribution in [2.24, 2.45) is 0 Å². The van der Waals surface area contributed by atoms with Crippen LogP contribution in [0.15, 0.2) is 29.4 Å². The maximum atomic E-state index is 12.8. The molecule has 2 atom stereocenters. The highest BCUT2D eigenvalue weighted by molar-refractivity contribution is 7.99. The van der Waals surface area contributed by atoms with E-state index in [0.29, 0.717) is 22.9 Å². The van der Waals surface area contributed by atoms with Crippen molar-refractivity contribution < 1.29 is 4.79 Å². The first kappa shape index (κ1) is 20.2. The van der Waals surface area contributed by atoms with Gasteiger partial charge >= 0.3 is 0 Å². The summed E-state index contributed by atoms with van der Waals surface area (Å²) in [6.07, 6.45) is 4.36. The van der Waals surface area contributed by atoms with Gasteiger partial charge in [-0.15, -0.1) is 10.2 Å². The SMILES string of the molecule is CCCn1c(SCC(=O)N2[C@H](C)CCC[C@@H]2C)nnc1-c1ccc(Cl)cc1. The number of benzene rings is 1. The molecule has 0 radical (unpaired) electrons. The molecule has 5 nitrogen and oxygen atoms in total. The highest BCUT2D eigenvalue weighted by Crippen LogP contribution is 2.28. The minimum absolute atomic E-state index is 0.193. The van der Waals surface area contributed by atoms with E-state index in [2.05, 4.69) is 40.4 Å². The fourth-order valence-corrected chi connectivity index (χ4v) is 4.71. The van der Waals surface area contributed by atoms with Gasteiger partial charge in [0, 0.05) is 29.2 Å². The summed E-state index contributed by atoms with van der Waals surface area (Å²) in [7, 11) is 0. The molecule has 1 aromatic heterocycles. The number of halogens is 1. The van der Waals surface area contributed by atoms with Crippen LogP contribution in [0.2, 0.25) is 5.02 Å². The standard InChI is InChI=1S/C20H27ClN4OS/c1-4-12-24-19(16-8-10-17(21)11-9-16)22-23-20(24)27-13-18(26)25-14(2)6-5-7-15(25)3/h8-11,14-15H,4-7,12-13H2,1-3H3/t14-,15+. The summed E-state index contributed by atoms with van der Waals surface area (Å²) in [4.78, 5) is 14.9. The Labute approximate surface area is 170 Å². The molecule has 1 aliphatic heterocycles. The Bertz CT molecular complexity index is 767. The number of hydrogen-bond acceptors (Lipinski definition) is 4. The van der Waals surface area contributed by atoms with E-state index in [0.717, 1.165) is 42.4 Å². The van der Waals surface area contributed by atoms with Crippen LogP contribution in [-0.4, -0.2) is 43.4 Å². The van der Waals surface area contributed by atoms with Gasteiger partial charge in [0.2, 0.25) is 5.91 Å². The third kappa shape index (κ3) is 4.66. The second-order valence-electron chi connectivity index (χ2n) is 7.18. The lowest BCUT2D eigenvalue weighted by Gasteiger charge is -2.39. The molecule has 2 heterocycles. The highest BCUT2D eigenvalue weighted by atomic mass is 35.5. The number of rotatable bonds is 6. The van der Waals surface area contributed by atoms with Gasteiger partial charge < -0.3 is 9.47 Å². The predicted octanol–water partition coefficient (Wildman–Crippen LogP) is 4.89. The Balaban J connectivity index is 1.75. The lowest BCUT2D eigenvalue weighted by Crippen LogP contribution is -2.48. The van der Waals surface area contributed by atoms with E-state index < -0.39 is 0 Å². The summed E-state index contributed by atoms with van der Waals surface area (Å²) in [5, 5.41) is 10.2. The lowest BCUT2D eigenvalue weighted by atomic mass is 9.98. The van der Waals surface area contributed by atoms with Crippen LogP contribution in [0.4, 0.5) is 0 Å². The number of carbonyl (C=O) groups is 1. The quantitative estimate of drug-likeness (QED) is 0.641. The molecule has 0 aliphatic carbocycles. The minimum atomic E-state index is 0.193. The Morgan fingerprint density at radius 1 is 1.19 bits per heavy atom. The molecule has 7 heteroatoms. The Kier molecular flexibility index (Phi) is 6.82. The topological polar surface area (TPSA) is 51.0 Å². The van der Waals surface area contributed by atoms with Crippen molar-refractivity contribution in [2.75, 3.05) is 5.75 Å². The van der Waals surface area contributed by atoms with E-state index in [-0.39, 0.29) is 5.91 Å². The van der Waals surface area contributed by atoms with Gasteiger partial charge in [0.05, 0.1) is 5.75 Å². The van der Waals surface area contributed by atoms with Crippen LogP contribution in [-0.2, 0) is 11.3 Å². The van der Waals surface area contributed by atoms with Crippen molar-refractivity contribution >= 4 is 29.3 Å². The normalized spacial score (nSPS) is 20.1. The van der Waals surface area contributed by atoms with Gasteiger partial charge in [-0.1, -0.05) is 30.3 Å². The zero-order chi connectivity index (χ0) is 19.4. The lowest BCUT2D eigenvalue weighted by molar-refractivity contribution is -0.134. The van der Waals surface area contributed by atoms with Crippen LogP contribution in [0.25, 0.3) is 11.4 Å². The number of hydrogen-bond donors (Lipinski definition) is 0. The van der Waals surface area contributed by atoms with E-state index >= 15 is 0 Å². The van der Waals surface area contributed by atoms with E-state index in [1.807, 2.05) is 24.3 Å². The van der Waals surface area contributed by atoms with Crippen molar-refractivity contribution in [3.63, 3.8) is 0 Å². The Morgan fingerprint density at radius 3 is 2.48 bits per heavy atom. The number of nitrogens with zero attached hydrogens (tertiary/aromatic N) is 4. The summed E-state index contributed by atoms with van der Waals surface area (Å²) in [6.45, 7) is 7.24. The maximum Gasteiger partial charge on any atom is 0.233 e. The zero-order valence-electron chi connectivity index (χ0n) is 16.2.